The van der Waals surface area contributed by atoms with Crippen molar-refractivity contribution in [2.75, 3.05) is 18.0 Å². The van der Waals surface area contributed by atoms with E-state index in [1.807, 2.05) is 6.07 Å². The predicted octanol–water partition coefficient (Wildman–Crippen LogP) is 2.98. The van der Waals surface area contributed by atoms with Crippen LogP contribution < -0.4 is 9.64 Å². The third-order valence-electron chi connectivity index (χ3n) is 3.12. The summed E-state index contributed by atoms with van der Waals surface area (Å²) in [6.07, 6.45) is 0. The normalized spacial score (nSPS) is 9.92. The van der Waals surface area contributed by atoms with Crippen LogP contribution in [0.5, 0.6) is 11.5 Å². The molecule has 0 heterocycles. The van der Waals surface area contributed by atoms with Crippen LogP contribution in [0.1, 0.15) is 5.56 Å². The molecule has 2 rings (SSSR count). The average Bonchev–Trinajstić information content (AvgIpc) is 2.55. The summed E-state index contributed by atoms with van der Waals surface area (Å²) in [5.41, 5.74) is 0.539. The molecule has 2 N–H and O–H groups in total. The first-order valence-electron chi connectivity index (χ1n) is 7.05. The van der Waals surface area contributed by atoms with Crippen LogP contribution in [0.4, 0.5) is 5.69 Å². The molecule has 2 aromatic rings. The number of hydrogen-bond acceptors (Lipinski definition) is 5. The fourth-order valence-electron chi connectivity index (χ4n) is 2.11. The van der Waals surface area contributed by atoms with E-state index in [0.717, 1.165) is 4.90 Å². The van der Waals surface area contributed by atoms with Gasteiger partial charge in [0.05, 0.1) is 17.3 Å². The summed E-state index contributed by atoms with van der Waals surface area (Å²) in [7, 11) is 0. The quantitative estimate of drug-likeness (QED) is 0.780. The van der Waals surface area contributed by atoms with E-state index in [4.69, 9.17) is 31.8 Å². The Morgan fingerprint density at radius 3 is 2.20 bits per heavy atom. The molecule has 128 valence electrons. The molecule has 0 bridgehead atoms. The number of aliphatic carboxylic acids is 2. The maximum Gasteiger partial charge on any atom is 0.323 e. The lowest BCUT2D eigenvalue weighted by Gasteiger charge is -2.23. The van der Waals surface area contributed by atoms with Crippen LogP contribution in [-0.4, -0.2) is 35.2 Å². The summed E-state index contributed by atoms with van der Waals surface area (Å²) in [6, 6.07) is 12.7. The van der Waals surface area contributed by atoms with E-state index in [1.54, 1.807) is 24.3 Å². The van der Waals surface area contributed by atoms with Crippen molar-refractivity contribution in [3.63, 3.8) is 0 Å². The maximum atomic E-state index is 11.1. The van der Waals surface area contributed by atoms with Gasteiger partial charge in [-0.2, -0.15) is 5.26 Å². The van der Waals surface area contributed by atoms with Gasteiger partial charge in [0.2, 0.25) is 0 Å². The number of nitriles is 1. The molecule has 2 aromatic carbocycles. The second-order valence-electron chi connectivity index (χ2n) is 4.99. The van der Waals surface area contributed by atoms with Crippen molar-refractivity contribution in [1.29, 1.82) is 5.26 Å². The zero-order chi connectivity index (χ0) is 18.4. The van der Waals surface area contributed by atoms with Gasteiger partial charge in [-0.1, -0.05) is 11.6 Å². The number of carboxylic acids is 2. The van der Waals surface area contributed by atoms with Crippen LogP contribution in [0.15, 0.2) is 42.5 Å². The van der Waals surface area contributed by atoms with Crippen molar-refractivity contribution in [3.05, 3.63) is 53.1 Å². The first-order chi connectivity index (χ1) is 11.9. The van der Waals surface area contributed by atoms with E-state index in [-0.39, 0.29) is 11.4 Å². The fraction of sp³-hybridized carbons (Fsp3) is 0.118. The molecule has 25 heavy (non-hydrogen) atoms. The SMILES string of the molecule is N#Cc1ccc(N(CC(=O)O)CC(=O)O)c(Oc2ccc(Cl)cc2)c1. The summed E-state index contributed by atoms with van der Waals surface area (Å²) >= 11 is 5.82. The van der Waals surface area contributed by atoms with Gasteiger partial charge in [-0.3, -0.25) is 9.59 Å². The van der Waals surface area contributed by atoms with Crippen LogP contribution in [-0.2, 0) is 9.59 Å². The largest absolute Gasteiger partial charge is 0.480 e. The first-order valence-corrected chi connectivity index (χ1v) is 7.43. The van der Waals surface area contributed by atoms with Crippen molar-refractivity contribution in [2.24, 2.45) is 0 Å². The van der Waals surface area contributed by atoms with Gasteiger partial charge in [-0.15, -0.1) is 0 Å². The smallest absolute Gasteiger partial charge is 0.323 e. The number of carboxylic acid groups (broad SMARTS) is 2. The van der Waals surface area contributed by atoms with E-state index in [1.165, 1.54) is 18.2 Å². The molecule has 8 heteroatoms. The van der Waals surface area contributed by atoms with E-state index in [2.05, 4.69) is 0 Å². The average molecular weight is 361 g/mol. The zero-order valence-electron chi connectivity index (χ0n) is 12.8. The maximum absolute atomic E-state index is 11.1. The molecule has 0 aromatic heterocycles. The van der Waals surface area contributed by atoms with Crippen molar-refractivity contribution >= 4 is 29.2 Å². The van der Waals surface area contributed by atoms with E-state index < -0.39 is 25.0 Å². The molecular formula is C17H13ClN2O5. The van der Waals surface area contributed by atoms with Crippen LogP contribution >= 0.6 is 11.6 Å². The van der Waals surface area contributed by atoms with Gasteiger partial charge in [-0.25, -0.2) is 0 Å². The fourth-order valence-corrected chi connectivity index (χ4v) is 2.24. The lowest BCUT2D eigenvalue weighted by Crippen LogP contribution is -2.34. The van der Waals surface area contributed by atoms with Crippen LogP contribution in [0.3, 0.4) is 0 Å². The van der Waals surface area contributed by atoms with Gasteiger partial charge < -0.3 is 19.8 Å². The molecule has 0 aliphatic carbocycles. The Morgan fingerprint density at radius 2 is 1.68 bits per heavy atom. The number of nitrogens with zero attached hydrogens (tertiary/aromatic N) is 2. The lowest BCUT2D eigenvalue weighted by molar-refractivity contribution is -0.136. The molecule has 0 atom stereocenters. The molecular weight excluding hydrogens is 348 g/mol. The molecule has 0 unspecified atom stereocenters. The summed E-state index contributed by atoms with van der Waals surface area (Å²) in [5.74, 6) is -1.80. The highest BCUT2D eigenvalue weighted by Gasteiger charge is 2.19. The minimum Gasteiger partial charge on any atom is -0.480 e. The first kappa shape index (κ1) is 18.1. The Kier molecular flexibility index (Phi) is 5.82. The lowest BCUT2D eigenvalue weighted by atomic mass is 10.2. The zero-order valence-corrected chi connectivity index (χ0v) is 13.6. The molecule has 0 aliphatic rings. The van der Waals surface area contributed by atoms with Crippen molar-refractivity contribution in [3.8, 4) is 17.6 Å². The van der Waals surface area contributed by atoms with Gasteiger partial charge in [-0.05, 0) is 36.4 Å². The van der Waals surface area contributed by atoms with Gasteiger partial charge >= 0.3 is 11.9 Å². The second kappa shape index (κ2) is 8.04. The monoisotopic (exact) mass is 360 g/mol. The minimum atomic E-state index is -1.19. The second-order valence-corrected chi connectivity index (χ2v) is 5.43. The highest BCUT2D eigenvalue weighted by atomic mass is 35.5. The highest BCUT2D eigenvalue weighted by molar-refractivity contribution is 6.30. The highest BCUT2D eigenvalue weighted by Crippen LogP contribution is 2.33. The molecule has 0 spiro atoms. The Labute approximate surface area is 148 Å². The number of rotatable bonds is 7. The molecule has 0 amide bonds. The van der Waals surface area contributed by atoms with Gasteiger partial charge in [0.25, 0.3) is 0 Å². The Hall–Kier alpha value is -3.24. The number of carbonyl (C=O) groups is 2. The number of ether oxygens (including phenoxy) is 1. The molecule has 0 aliphatic heterocycles. The topological polar surface area (TPSA) is 111 Å². The summed E-state index contributed by atoms with van der Waals surface area (Å²) in [5, 5.41) is 27.6. The molecule has 0 fully saturated rings. The summed E-state index contributed by atoms with van der Waals surface area (Å²) < 4.78 is 5.71. The predicted molar refractivity (Wildman–Crippen MR) is 90.2 cm³/mol. The number of benzene rings is 2. The summed E-state index contributed by atoms with van der Waals surface area (Å²) in [6.45, 7) is -1.07. The van der Waals surface area contributed by atoms with Gasteiger partial charge in [0.1, 0.15) is 18.8 Å². The number of hydrogen-bond donors (Lipinski definition) is 2. The van der Waals surface area contributed by atoms with Crippen molar-refractivity contribution < 1.29 is 24.5 Å². The van der Waals surface area contributed by atoms with Crippen LogP contribution in [0.2, 0.25) is 5.02 Å². The molecule has 7 nitrogen and oxygen atoms in total. The minimum absolute atomic E-state index is 0.170. The van der Waals surface area contributed by atoms with E-state index in [0.29, 0.717) is 16.3 Å². The van der Waals surface area contributed by atoms with E-state index >= 15 is 0 Å². The Balaban J connectivity index is 2.44. The van der Waals surface area contributed by atoms with E-state index in [9.17, 15) is 9.59 Å². The van der Waals surface area contributed by atoms with Gasteiger partial charge in [0, 0.05) is 11.1 Å². The van der Waals surface area contributed by atoms with Crippen molar-refractivity contribution in [1.82, 2.24) is 0 Å². The molecule has 0 radical (unpaired) electrons. The molecule has 0 saturated carbocycles. The molecule has 0 saturated heterocycles. The number of halogens is 1. The Bertz CT molecular complexity index is 814. The van der Waals surface area contributed by atoms with Crippen molar-refractivity contribution in [2.45, 2.75) is 0 Å². The van der Waals surface area contributed by atoms with Crippen LogP contribution in [0, 0.1) is 11.3 Å². The van der Waals surface area contributed by atoms with Crippen LogP contribution in [0.25, 0.3) is 0 Å². The number of anilines is 1. The standard InChI is InChI=1S/C17H13ClN2O5/c18-12-2-4-13(5-3-12)25-15-7-11(8-19)1-6-14(15)20(9-16(21)22)10-17(23)24/h1-7H,9-10H2,(H,21,22)(H,23,24). The third kappa shape index (κ3) is 5.12. The third-order valence-corrected chi connectivity index (χ3v) is 3.38. The Morgan fingerprint density at radius 1 is 1.08 bits per heavy atom. The summed E-state index contributed by atoms with van der Waals surface area (Å²) in [4.78, 5) is 23.2. The van der Waals surface area contributed by atoms with Gasteiger partial charge in [0.15, 0.2) is 5.75 Å².